The summed E-state index contributed by atoms with van der Waals surface area (Å²) < 4.78 is 0. The first-order valence-electron chi connectivity index (χ1n) is 5.54. The first-order chi connectivity index (χ1) is 7.59. The van der Waals surface area contributed by atoms with E-state index in [1.165, 1.54) is 0 Å². The van der Waals surface area contributed by atoms with Crippen LogP contribution in [-0.4, -0.2) is 59.1 Å². The van der Waals surface area contributed by atoms with Crippen LogP contribution in [0.5, 0.6) is 0 Å². The van der Waals surface area contributed by atoms with E-state index in [0.29, 0.717) is 17.5 Å². The molecule has 1 saturated heterocycles. The Morgan fingerprint density at radius 2 is 2.31 bits per heavy atom. The molecule has 1 amide bonds. The normalized spacial score (nSPS) is 25.4. The number of H-pyrrole nitrogens is 1. The van der Waals surface area contributed by atoms with E-state index in [9.17, 15) is 4.79 Å². The first-order valence-corrected chi connectivity index (χ1v) is 5.54. The molecule has 5 heteroatoms. The van der Waals surface area contributed by atoms with Gasteiger partial charge in [-0.3, -0.25) is 9.89 Å². The minimum Gasteiger partial charge on any atom is -0.337 e. The zero-order valence-electron chi connectivity index (χ0n) is 9.97. The topological polar surface area (TPSA) is 52.2 Å². The van der Waals surface area contributed by atoms with Crippen LogP contribution in [-0.2, 0) is 0 Å². The van der Waals surface area contributed by atoms with Crippen LogP contribution in [0.3, 0.4) is 0 Å². The summed E-state index contributed by atoms with van der Waals surface area (Å²) in [5, 5.41) is 6.48. The molecule has 1 fully saturated rings. The van der Waals surface area contributed by atoms with Crippen LogP contribution in [0.4, 0.5) is 0 Å². The lowest BCUT2D eigenvalue weighted by Gasteiger charge is -2.22. The standard InChI is InChI=1S/C11H18N4O/c1-8-6-15(7-10(8)14(2)3)11(16)9-4-12-13-5-9/h4-5,8,10H,6-7H2,1-3H3,(H,12,13). The summed E-state index contributed by atoms with van der Waals surface area (Å²) in [6.45, 7) is 3.82. The van der Waals surface area contributed by atoms with Crippen LogP contribution in [0.1, 0.15) is 17.3 Å². The third-order valence-electron chi connectivity index (χ3n) is 3.27. The van der Waals surface area contributed by atoms with Crippen LogP contribution >= 0.6 is 0 Å². The molecule has 5 nitrogen and oxygen atoms in total. The second-order valence-corrected chi connectivity index (χ2v) is 4.71. The SMILES string of the molecule is CC1CN(C(=O)c2cn[nH]c2)CC1N(C)C. The summed E-state index contributed by atoms with van der Waals surface area (Å²) >= 11 is 0. The maximum absolute atomic E-state index is 12.1. The summed E-state index contributed by atoms with van der Waals surface area (Å²) in [7, 11) is 4.12. The largest absolute Gasteiger partial charge is 0.337 e. The van der Waals surface area contributed by atoms with Crippen molar-refractivity contribution in [2.24, 2.45) is 5.92 Å². The maximum atomic E-state index is 12.1. The molecule has 1 aromatic heterocycles. The van der Waals surface area contributed by atoms with Crippen molar-refractivity contribution < 1.29 is 4.79 Å². The monoisotopic (exact) mass is 222 g/mol. The highest BCUT2D eigenvalue weighted by Crippen LogP contribution is 2.21. The number of carbonyl (C=O) groups excluding carboxylic acids is 1. The Hall–Kier alpha value is -1.36. The fourth-order valence-electron chi connectivity index (χ4n) is 2.34. The molecule has 0 saturated carbocycles. The average Bonchev–Trinajstić information content (AvgIpc) is 2.84. The number of aromatic nitrogens is 2. The van der Waals surface area contributed by atoms with Gasteiger partial charge in [0.1, 0.15) is 0 Å². The van der Waals surface area contributed by atoms with Gasteiger partial charge >= 0.3 is 0 Å². The fraction of sp³-hybridized carbons (Fsp3) is 0.636. The summed E-state index contributed by atoms with van der Waals surface area (Å²) in [4.78, 5) is 16.2. The van der Waals surface area contributed by atoms with Crippen molar-refractivity contribution in [2.75, 3.05) is 27.2 Å². The molecule has 1 aliphatic rings. The lowest BCUT2D eigenvalue weighted by Crippen LogP contribution is -2.35. The molecule has 2 atom stereocenters. The molecule has 0 aromatic carbocycles. The highest BCUT2D eigenvalue weighted by Gasteiger charge is 2.34. The average molecular weight is 222 g/mol. The van der Waals surface area contributed by atoms with E-state index >= 15 is 0 Å². The van der Waals surface area contributed by atoms with Crippen molar-refractivity contribution >= 4 is 5.91 Å². The molecule has 2 heterocycles. The Bertz CT molecular complexity index is 360. The highest BCUT2D eigenvalue weighted by atomic mass is 16.2. The van der Waals surface area contributed by atoms with Crippen molar-refractivity contribution in [1.29, 1.82) is 0 Å². The Balaban J connectivity index is 2.06. The van der Waals surface area contributed by atoms with Crippen LogP contribution in [0, 0.1) is 5.92 Å². The van der Waals surface area contributed by atoms with Crippen molar-refractivity contribution in [3.05, 3.63) is 18.0 Å². The van der Waals surface area contributed by atoms with Gasteiger partial charge in [0.15, 0.2) is 0 Å². The molecule has 0 bridgehead atoms. The van der Waals surface area contributed by atoms with Gasteiger partial charge in [0.05, 0.1) is 11.8 Å². The molecular formula is C11H18N4O. The van der Waals surface area contributed by atoms with E-state index in [1.807, 2.05) is 4.90 Å². The number of nitrogens with zero attached hydrogens (tertiary/aromatic N) is 3. The van der Waals surface area contributed by atoms with Gasteiger partial charge in [0.2, 0.25) is 0 Å². The zero-order valence-corrected chi connectivity index (χ0v) is 9.97. The number of likely N-dealkylation sites (tertiary alicyclic amines) is 1. The Morgan fingerprint density at radius 3 is 2.81 bits per heavy atom. The summed E-state index contributed by atoms with van der Waals surface area (Å²) in [6, 6.07) is 0.454. The van der Waals surface area contributed by atoms with Gasteiger partial charge in [0.25, 0.3) is 5.91 Å². The summed E-state index contributed by atoms with van der Waals surface area (Å²) in [6.07, 6.45) is 3.23. The van der Waals surface area contributed by atoms with Crippen LogP contribution in [0.25, 0.3) is 0 Å². The maximum Gasteiger partial charge on any atom is 0.257 e. The molecule has 2 rings (SSSR count). The Labute approximate surface area is 95.4 Å². The lowest BCUT2D eigenvalue weighted by atomic mass is 10.1. The first kappa shape index (κ1) is 11.1. The van der Waals surface area contributed by atoms with Gasteiger partial charge < -0.3 is 9.80 Å². The molecule has 0 aliphatic carbocycles. The van der Waals surface area contributed by atoms with E-state index in [1.54, 1.807) is 12.4 Å². The lowest BCUT2D eigenvalue weighted by molar-refractivity contribution is 0.0781. The number of hydrogen-bond donors (Lipinski definition) is 1. The molecule has 16 heavy (non-hydrogen) atoms. The second-order valence-electron chi connectivity index (χ2n) is 4.71. The summed E-state index contributed by atoms with van der Waals surface area (Å²) in [5.41, 5.74) is 0.645. The van der Waals surface area contributed by atoms with E-state index in [-0.39, 0.29) is 5.91 Å². The molecule has 1 N–H and O–H groups in total. The molecule has 1 aromatic rings. The quantitative estimate of drug-likeness (QED) is 0.789. The van der Waals surface area contributed by atoms with Gasteiger partial charge in [-0.15, -0.1) is 0 Å². The van der Waals surface area contributed by atoms with Crippen molar-refractivity contribution in [2.45, 2.75) is 13.0 Å². The molecule has 1 aliphatic heterocycles. The zero-order chi connectivity index (χ0) is 11.7. The minimum absolute atomic E-state index is 0.0740. The number of amides is 1. The van der Waals surface area contributed by atoms with E-state index in [2.05, 4.69) is 36.1 Å². The fourth-order valence-corrected chi connectivity index (χ4v) is 2.34. The van der Waals surface area contributed by atoms with E-state index < -0.39 is 0 Å². The van der Waals surface area contributed by atoms with Crippen LogP contribution in [0.2, 0.25) is 0 Å². The van der Waals surface area contributed by atoms with E-state index in [4.69, 9.17) is 0 Å². The van der Waals surface area contributed by atoms with Gasteiger partial charge in [-0.05, 0) is 20.0 Å². The molecular weight excluding hydrogens is 204 g/mol. The number of aromatic amines is 1. The van der Waals surface area contributed by atoms with Crippen LogP contribution < -0.4 is 0 Å². The van der Waals surface area contributed by atoms with Crippen molar-refractivity contribution in [3.8, 4) is 0 Å². The Morgan fingerprint density at radius 1 is 1.56 bits per heavy atom. The third kappa shape index (κ3) is 1.95. The summed E-state index contributed by atoms with van der Waals surface area (Å²) in [5.74, 6) is 0.593. The van der Waals surface area contributed by atoms with Gasteiger partial charge in [0, 0.05) is 25.3 Å². The van der Waals surface area contributed by atoms with Crippen molar-refractivity contribution in [1.82, 2.24) is 20.0 Å². The predicted octanol–water partition coefficient (Wildman–Crippen LogP) is 0.432. The number of rotatable bonds is 2. The number of likely N-dealkylation sites (N-methyl/N-ethyl adjacent to an activating group) is 1. The minimum atomic E-state index is 0.0740. The van der Waals surface area contributed by atoms with Gasteiger partial charge in [-0.2, -0.15) is 5.10 Å². The number of hydrogen-bond acceptors (Lipinski definition) is 3. The molecule has 88 valence electrons. The Kier molecular flexibility index (Phi) is 2.96. The molecule has 0 spiro atoms. The third-order valence-corrected chi connectivity index (χ3v) is 3.27. The molecule has 2 unspecified atom stereocenters. The van der Waals surface area contributed by atoms with Crippen molar-refractivity contribution in [3.63, 3.8) is 0 Å². The number of nitrogens with one attached hydrogen (secondary N) is 1. The number of carbonyl (C=O) groups is 1. The highest BCUT2D eigenvalue weighted by molar-refractivity contribution is 5.93. The van der Waals surface area contributed by atoms with Gasteiger partial charge in [-0.25, -0.2) is 0 Å². The second kappa shape index (κ2) is 4.25. The smallest absolute Gasteiger partial charge is 0.257 e. The predicted molar refractivity (Wildman–Crippen MR) is 61.1 cm³/mol. The molecule has 0 radical (unpaired) electrons. The van der Waals surface area contributed by atoms with Crippen LogP contribution in [0.15, 0.2) is 12.4 Å². The van der Waals surface area contributed by atoms with Gasteiger partial charge in [-0.1, -0.05) is 6.92 Å². The van der Waals surface area contributed by atoms with E-state index in [0.717, 1.165) is 13.1 Å².